The zero-order valence-corrected chi connectivity index (χ0v) is 14.2. The summed E-state index contributed by atoms with van der Waals surface area (Å²) in [7, 11) is 0. The van der Waals surface area contributed by atoms with Crippen molar-refractivity contribution in [2.45, 2.75) is 23.5 Å². The molecule has 0 spiro atoms. The Morgan fingerprint density at radius 2 is 1.88 bits per heavy atom. The molecular weight excluding hydrogens is 342 g/mol. The molecule has 1 aliphatic rings. The average molecular weight is 357 g/mol. The highest BCUT2D eigenvalue weighted by Gasteiger charge is 2.40. The molecule has 2 N–H and O–H groups in total. The summed E-state index contributed by atoms with van der Waals surface area (Å²) in [6, 6.07) is 11.2. The summed E-state index contributed by atoms with van der Waals surface area (Å²) < 4.78 is 0. The number of nitro benzene ring substituents is 1. The van der Waals surface area contributed by atoms with Crippen LogP contribution < -0.4 is 10.6 Å². The van der Waals surface area contributed by atoms with Crippen LogP contribution in [-0.4, -0.2) is 22.0 Å². The molecule has 2 amide bonds. The molecule has 1 saturated heterocycles. The molecular formula is C17H15N3O4S. The molecule has 0 aromatic heterocycles. The number of thioether (sulfide) groups is 1. The number of aryl methyl sites for hydroxylation is 1. The molecule has 0 bridgehead atoms. The summed E-state index contributed by atoms with van der Waals surface area (Å²) >= 11 is 1.31. The maximum absolute atomic E-state index is 12.7. The Hall–Kier alpha value is -2.87. The van der Waals surface area contributed by atoms with Crippen molar-refractivity contribution < 1.29 is 14.5 Å². The van der Waals surface area contributed by atoms with Gasteiger partial charge in [-0.05, 0) is 42.8 Å². The van der Waals surface area contributed by atoms with E-state index < -0.39 is 10.2 Å². The van der Waals surface area contributed by atoms with Gasteiger partial charge in [-0.1, -0.05) is 0 Å². The number of carbonyl (C=O) groups excluding carboxylic acids is 2. The maximum Gasteiger partial charge on any atom is 0.269 e. The minimum Gasteiger partial charge on any atom is -0.399 e. The van der Waals surface area contributed by atoms with E-state index in [4.69, 9.17) is 5.73 Å². The third kappa shape index (κ3) is 3.34. The highest BCUT2D eigenvalue weighted by Crippen LogP contribution is 2.36. The molecule has 128 valence electrons. The fraction of sp³-hybridized carbons (Fsp3) is 0.176. The minimum absolute atomic E-state index is 0.0758. The Balaban J connectivity index is 1.84. The largest absolute Gasteiger partial charge is 0.399 e. The monoisotopic (exact) mass is 357 g/mol. The number of carbonyl (C=O) groups is 2. The lowest BCUT2D eigenvalue weighted by molar-refractivity contribution is -0.384. The number of benzene rings is 2. The van der Waals surface area contributed by atoms with Crippen LogP contribution in [0.25, 0.3) is 0 Å². The van der Waals surface area contributed by atoms with E-state index in [1.54, 1.807) is 31.2 Å². The molecule has 2 aromatic carbocycles. The predicted octanol–water partition coefficient (Wildman–Crippen LogP) is 2.91. The van der Waals surface area contributed by atoms with E-state index in [0.29, 0.717) is 16.9 Å². The number of hydrogen-bond donors (Lipinski definition) is 1. The maximum atomic E-state index is 12.7. The van der Waals surface area contributed by atoms with Crippen LogP contribution in [0.15, 0.2) is 47.4 Å². The van der Waals surface area contributed by atoms with Gasteiger partial charge in [-0.3, -0.25) is 19.7 Å². The summed E-state index contributed by atoms with van der Waals surface area (Å²) in [6.07, 6.45) is 0.0876. The van der Waals surface area contributed by atoms with Crippen molar-refractivity contribution in [2.24, 2.45) is 0 Å². The molecule has 1 aliphatic heterocycles. The van der Waals surface area contributed by atoms with Crippen molar-refractivity contribution in [1.29, 1.82) is 0 Å². The highest BCUT2D eigenvalue weighted by atomic mass is 32.2. The van der Waals surface area contributed by atoms with Gasteiger partial charge in [-0.15, -0.1) is 11.8 Å². The molecule has 0 saturated carbocycles. The number of hydrogen-bond acceptors (Lipinski definition) is 6. The summed E-state index contributed by atoms with van der Waals surface area (Å²) in [6.45, 7) is 1.64. The van der Waals surface area contributed by atoms with Gasteiger partial charge in [0.2, 0.25) is 11.8 Å². The van der Waals surface area contributed by atoms with Gasteiger partial charge in [-0.25, -0.2) is 4.90 Å². The zero-order chi connectivity index (χ0) is 18.1. The van der Waals surface area contributed by atoms with E-state index in [1.807, 2.05) is 0 Å². The van der Waals surface area contributed by atoms with Gasteiger partial charge in [0.1, 0.15) is 0 Å². The lowest BCUT2D eigenvalue weighted by atomic mass is 10.1. The number of nitrogen functional groups attached to an aromatic ring is 1. The third-order valence-electron chi connectivity index (χ3n) is 3.90. The fourth-order valence-corrected chi connectivity index (χ4v) is 3.72. The zero-order valence-electron chi connectivity index (χ0n) is 13.3. The van der Waals surface area contributed by atoms with Crippen molar-refractivity contribution in [3.63, 3.8) is 0 Å². The molecule has 8 heteroatoms. The number of non-ortho nitro benzene ring substituents is 1. The summed E-state index contributed by atoms with van der Waals surface area (Å²) in [5.41, 5.74) is 7.09. The lowest BCUT2D eigenvalue weighted by Gasteiger charge is -2.17. The van der Waals surface area contributed by atoms with Gasteiger partial charge in [0, 0.05) is 29.1 Å². The number of imide groups is 1. The number of nitro groups is 1. The van der Waals surface area contributed by atoms with Gasteiger partial charge >= 0.3 is 0 Å². The van der Waals surface area contributed by atoms with Crippen molar-refractivity contribution >= 4 is 40.6 Å². The van der Waals surface area contributed by atoms with E-state index in [2.05, 4.69) is 0 Å². The molecule has 0 aliphatic carbocycles. The Kier molecular flexibility index (Phi) is 4.45. The Bertz CT molecular complexity index is 867. The Labute approximate surface area is 148 Å². The van der Waals surface area contributed by atoms with Crippen LogP contribution in [0.4, 0.5) is 17.1 Å². The smallest absolute Gasteiger partial charge is 0.269 e. The van der Waals surface area contributed by atoms with E-state index in [9.17, 15) is 19.7 Å². The number of rotatable bonds is 4. The van der Waals surface area contributed by atoms with Gasteiger partial charge in [0.15, 0.2) is 0 Å². The van der Waals surface area contributed by atoms with Crippen molar-refractivity contribution in [3.05, 3.63) is 58.1 Å². The first-order chi connectivity index (χ1) is 11.9. The average Bonchev–Trinajstić information content (AvgIpc) is 2.84. The fourth-order valence-electron chi connectivity index (χ4n) is 2.66. The van der Waals surface area contributed by atoms with E-state index >= 15 is 0 Å². The number of nitrogens with zero attached hydrogens (tertiary/aromatic N) is 2. The molecule has 7 nitrogen and oxygen atoms in total. The molecule has 3 rings (SSSR count). The molecule has 25 heavy (non-hydrogen) atoms. The van der Waals surface area contributed by atoms with Gasteiger partial charge in [0.25, 0.3) is 5.69 Å². The van der Waals surface area contributed by atoms with E-state index in [1.165, 1.54) is 30.0 Å². The first-order valence-electron chi connectivity index (χ1n) is 7.51. The second-order valence-electron chi connectivity index (χ2n) is 5.67. The normalized spacial score (nSPS) is 17.2. The van der Waals surface area contributed by atoms with Crippen molar-refractivity contribution in [2.75, 3.05) is 10.6 Å². The summed E-state index contributed by atoms with van der Waals surface area (Å²) in [4.78, 5) is 37.3. The van der Waals surface area contributed by atoms with Crippen LogP contribution in [-0.2, 0) is 9.59 Å². The van der Waals surface area contributed by atoms with Crippen molar-refractivity contribution in [3.8, 4) is 0 Å². The van der Waals surface area contributed by atoms with Crippen LogP contribution in [0.1, 0.15) is 12.0 Å². The lowest BCUT2D eigenvalue weighted by Crippen LogP contribution is -2.31. The second kappa shape index (κ2) is 6.56. The standard InChI is InChI=1S/C17H15N3O4S/c1-10-8-12(20(23)24)4-7-14(10)19-16(21)9-15(17(19)22)25-13-5-2-11(18)3-6-13/h2-8,15H,9,18H2,1H3. The first-order valence-corrected chi connectivity index (χ1v) is 8.39. The molecule has 1 unspecified atom stereocenters. The highest BCUT2D eigenvalue weighted by molar-refractivity contribution is 8.00. The number of anilines is 2. The van der Waals surface area contributed by atoms with E-state index in [0.717, 1.165) is 9.80 Å². The summed E-state index contributed by atoms with van der Waals surface area (Å²) in [5, 5.41) is 10.3. The van der Waals surface area contributed by atoms with Crippen LogP contribution in [0.5, 0.6) is 0 Å². The van der Waals surface area contributed by atoms with Gasteiger partial charge < -0.3 is 5.73 Å². The van der Waals surface area contributed by atoms with Crippen LogP contribution in [0.2, 0.25) is 0 Å². The summed E-state index contributed by atoms with van der Waals surface area (Å²) in [5.74, 6) is -0.626. The molecule has 1 fully saturated rings. The third-order valence-corrected chi connectivity index (χ3v) is 5.09. The minimum atomic E-state index is -0.522. The Morgan fingerprint density at radius 3 is 2.48 bits per heavy atom. The quantitative estimate of drug-likeness (QED) is 0.390. The predicted molar refractivity (Wildman–Crippen MR) is 95.4 cm³/mol. The molecule has 1 heterocycles. The van der Waals surface area contributed by atoms with Crippen LogP contribution >= 0.6 is 11.8 Å². The molecule has 1 atom stereocenters. The number of amides is 2. The van der Waals surface area contributed by atoms with E-state index in [-0.39, 0.29) is 23.9 Å². The molecule has 2 aromatic rings. The Morgan fingerprint density at radius 1 is 1.20 bits per heavy atom. The SMILES string of the molecule is Cc1cc([N+](=O)[O-])ccc1N1C(=O)CC(Sc2ccc(N)cc2)C1=O. The first kappa shape index (κ1) is 17.0. The topological polar surface area (TPSA) is 107 Å². The second-order valence-corrected chi connectivity index (χ2v) is 6.95. The van der Waals surface area contributed by atoms with Crippen LogP contribution in [0.3, 0.4) is 0 Å². The van der Waals surface area contributed by atoms with Gasteiger partial charge in [0.05, 0.1) is 15.9 Å². The number of nitrogens with two attached hydrogens (primary N) is 1. The van der Waals surface area contributed by atoms with Crippen LogP contribution in [0, 0.1) is 17.0 Å². The molecule has 0 radical (unpaired) electrons. The van der Waals surface area contributed by atoms with Gasteiger partial charge in [-0.2, -0.15) is 0 Å². The van der Waals surface area contributed by atoms with Crippen molar-refractivity contribution in [1.82, 2.24) is 0 Å².